The number of hydrogen-bond donors (Lipinski definition) is 1. The van der Waals surface area contributed by atoms with Crippen molar-refractivity contribution in [1.82, 2.24) is 9.78 Å². The molecule has 1 heterocycles. The van der Waals surface area contributed by atoms with E-state index in [1.165, 1.54) is 0 Å². The van der Waals surface area contributed by atoms with E-state index in [-0.39, 0.29) is 5.75 Å². The van der Waals surface area contributed by atoms with Crippen molar-refractivity contribution < 1.29 is 14.6 Å². The Kier molecular flexibility index (Phi) is 5.52. The Morgan fingerprint density at radius 3 is 2.27 bits per heavy atom. The SMILES string of the molecule is COc1ccc(/C=C/c2cc(-c3ccccc3O)n(-c3ccccc3)n2)cc1OC. The molecule has 0 atom stereocenters. The molecule has 0 fully saturated rings. The normalized spacial score (nSPS) is 11.0. The zero-order chi connectivity index (χ0) is 20.9. The Morgan fingerprint density at radius 1 is 0.800 bits per heavy atom. The molecule has 0 bridgehead atoms. The topological polar surface area (TPSA) is 56.5 Å². The van der Waals surface area contributed by atoms with E-state index in [4.69, 9.17) is 14.6 Å². The molecule has 0 aliphatic carbocycles. The number of nitrogens with zero attached hydrogens (tertiary/aromatic N) is 2. The summed E-state index contributed by atoms with van der Waals surface area (Å²) in [6.07, 6.45) is 3.90. The highest BCUT2D eigenvalue weighted by atomic mass is 16.5. The van der Waals surface area contributed by atoms with Crippen LogP contribution >= 0.6 is 0 Å². The molecule has 0 saturated heterocycles. The second-order valence-electron chi connectivity index (χ2n) is 6.67. The molecular formula is C25H22N2O3. The summed E-state index contributed by atoms with van der Waals surface area (Å²) in [6, 6.07) is 24.8. The van der Waals surface area contributed by atoms with Crippen molar-refractivity contribution in [1.29, 1.82) is 0 Å². The first-order valence-electron chi connectivity index (χ1n) is 9.53. The predicted octanol–water partition coefficient (Wildman–Crippen LogP) is 5.43. The van der Waals surface area contributed by atoms with Gasteiger partial charge in [-0.25, -0.2) is 4.68 Å². The molecule has 5 nitrogen and oxygen atoms in total. The maximum Gasteiger partial charge on any atom is 0.161 e. The standard InChI is InChI=1S/C25H22N2O3/c1-29-24-15-13-18(16-25(24)30-2)12-14-19-17-22(21-10-6-7-11-23(21)28)27(26-19)20-8-4-3-5-9-20/h3-17,28H,1-2H3/b14-12+. The highest BCUT2D eigenvalue weighted by Crippen LogP contribution is 2.32. The quantitative estimate of drug-likeness (QED) is 0.470. The molecule has 30 heavy (non-hydrogen) atoms. The third-order valence-electron chi connectivity index (χ3n) is 4.76. The number of para-hydroxylation sites is 2. The number of aromatic nitrogens is 2. The average Bonchev–Trinajstić information content (AvgIpc) is 3.22. The number of ether oxygens (including phenoxy) is 2. The van der Waals surface area contributed by atoms with E-state index < -0.39 is 0 Å². The second-order valence-corrected chi connectivity index (χ2v) is 6.67. The van der Waals surface area contributed by atoms with Crippen LogP contribution in [0, 0.1) is 0 Å². The maximum absolute atomic E-state index is 10.4. The first-order valence-corrected chi connectivity index (χ1v) is 9.53. The van der Waals surface area contributed by atoms with Crippen LogP contribution in [0.25, 0.3) is 29.1 Å². The monoisotopic (exact) mass is 398 g/mol. The van der Waals surface area contributed by atoms with Crippen molar-refractivity contribution in [3.63, 3.8) is 0 Å². The van der Waals surface area contributed by atoms with Gasteiger partial charge >= 0.3 is 0 Å². The molecule has 4 aromatic rings. The molecule has 0 radical (unpaired) electrons. The first-order chi connectivity index (χ1) is 14.7. The fraction of sp³-hybridized carbons (Fsp3) is 0.0800. The summed E-state index contributed by atoms with van der Waals surface area (Å²) in [6.45, 7) is 0. The lowest BCUT2D eigenvalue weighted by Crippen LogP contribution is -1.99. The van der Waals surface area contributed by atoms with Gasteiger partial charge < -0.3 is 14.6 Å². The number of hydrogen-bond acceptors (Lipinski definition) is 4. The largest absolute Gasteiger partial charge is 0.507 e. The highest BCUT2D eigenvalue weighted by molar-refractivity contribution is 5.75. The Hall–Kier alpha value is -3.99. The predicted molar refractivity (Wildman–Crippen MR) is 119 cm³/mol. The lowest BCUT2D eigenvalue weighted by Gasteiger charge is -2.08. The molecule has 1 N–H and O–H groups in total. The van der Waals surface area contributed by atoms with Crippen LogP contribution in [0.1, 0.15) is 11.3 Å². The van der Waals surface area contributed by atoms with Crippen LogP contribution < -0.4 is 9.47 Å². The lowest BCUT2D eigenvalue weighted by molar-refractivity contribution is 0.355. The van der Waals surface area contributed by atoms with Gasteiger partial charge in [-0.3, -0.25) is 0 Å². The summed E-state index contributed by atoms with van der Waals surface area (Å²) in [7, 11) is 3.23. The van der Waals surface area contributed by atoms with Crippen LogP contribution in [0.3, 0.4) is 0 Å². The van der Waals surface area contributed by atoms with Crippen molar-refractivity contribution in [2.45, 2.75) is 0 Å². The number of aromatic hydroxyl groups is 1. The van der Waals surface area contributed by atoms with Gasteiger partial charge in [-0.1, -0.05) is 42.5 Å². The Balaban J connectivity index is 1.75. The average molecular weight is 398 g/mol. The van der Waals surface area contributed by atoms with E-state index in [1.54, 1.807) is 26.4 Å². The molecule has 0 saturated carbocycles. The van der Waals surface area contributed by atoms with E-state index in [2.05, 4.69) is 0 Å². The zero-order valence-electron chi connectivity index (χ0n) is 16.8. The minimum atomic E-state index is 0.213. The number of phenols is 1. The summed E-state index contributed by atoms with van der Waals surface area (Å²) in [5.74, 6) is 1.57. The Bertz CT molecular complexity index is 1180. The summed E-state index contributed by atoms with van der Waals surface area (Å²) in [5.41, 5.74) is 4.19. The molecule has 3 aromatic carbocycles. The Morgan fingerprint density at radius 2 is 1.53 bits per heavy atom. The van der Waals surface area contributed by atoms with E-state index in [0.29, 0.717) is 11.5 Å². The minimum Gasteiger partial charge on any atom is -0.507 e. The van der Waals surface area contributed by atoms with Gasteiger partial charge in [-0.2, -0.15) is 5.10 Å². The molecule has 4 rings (SSSR count). The van der Waals surface area contributed by atoms with Crippen LogP contribution in [0.15, 0.2) is 78.9 Å². The van der Waals surface area contributed by atoms with Crippen LogP contribution in [0.4, 0.5) is 0 Å². The minimum absolute atomic E-state index is 0.213. The molecule has 0 unspecified atom stereocenters. The number of rotatable bonds is 6. The van der Waals surface area contributed by atoms with Crippen LogP contribution in [0.2, 0.25) is 0 Å². The van der Waals surface area contributed by atoms with Gasteiger partial charge in [0.2, 0.25) is 0 Å². The molecule has 5 heteroatoms. The number of benzene rings is 3. The number of phenolic OH excluding ortho intramolecular Hbond substituents is 1. The van der Waals surface area contributed by atoms with E-state index in [1.807, 2.05) is 83.6 Å². The summed E-state index contributed by atoms with van der Waals surface area (Å²) >= 11 is 0. The molecule has 0 aliphatic rings. The lowest BCUT2D eigenvalue weighted by atomic mass is 10.1. The highest BCUT2D eigenvalue weighted by Gasteiger charge is 2.13. The van der Waals surface area contributed by atoms with Crippen LogP contribution in [-0.4, -0.2) is 29.1 Å². The molecule has 150 valence electrons. The van der Waals surface area contributed by atoms with Gasteiger partial charge in [0.1, 0.15) is 5.75 Å². The molecule has 0 amide bonds. The Labute approximate surface area is 175 Å². The van der Waals surface area contributed by atoms with Crippen molar-refractivity contribution in [3.05, 3.63) is 90.1 Å². The number of methoxy groups -OCH3 is 2. The first kappa shape index (κ1) is 19.3. The van der Waals surface area contributed by atoms with Crippen molar-refractivity contribution >= 4 is 12.2 Å². The zero-order valence-corrected chi connectivity index (χ0v) is 16.8. The summed E-state index contributed by atoms with van der Waals surface area (Å²) < 4.78 is 12.5. The van der Waals surface area contributed by atoms with Crippen molar-refractivity contribution in [2.75, 3.05) is 14.2 Å². The fourth-order valence-electron chi connectivity index (χ4n) is 3.27. The molecule has 1 aromatic heterocycles. The van der Waals surface area contributed by atoms with Gasteiger partial charge in [0.15, 0.2) is 11.5 Å². The second kappa shape index (κ2) is 8.57. The smallest absolute Gasteiger partial charge is 0.161 e. The molecular weight excluding hydrogens is 376 g/mol. The van der Waals surface area contributed by atoms with E-state index >= 15 is 0 Å². The van der Waals surface area contributed by atoms with Gasteiger partial charge in [-0.15, -0.1) is 0 Å². The van der Waals surface area contributed by atoms with Gasteiger partial charge in [0.25, 0.3) is 0 Å². The van der Waals surface area contributed by atoms with Gasteiger partial charge in [0.05, 0.1) is 31.3 Å². The van der Waals surface area contributed by atoms with Crippen molar-refractivity contribution in [3.8, 4) is 34.2 Å². The third-order valence-corrected chi connectivity index (χ3v) is 4.76. The maximum atomic E-state index is 10.4. The van der Waals surface area contributed by atoms with E-state index in [0.717, 1.165) is 28.2 Å². The summed E-state index contributed by atoms with van der Waals surface area (Å²) in [4.78, 5) is 0. The third kappa shape index (κ3) is 3.91. The van der Waals surface area contributed by atoms with Gasteiger partial charge in [-0.05, 0) is 54.1 Å². The van der Waals surface area contributed by atoms with Gasteiger partial charge in [0, 0.05) is 5.56 Å². The van der Waals surface area contributed by atoms with E-state index in [9.17, 15) is 5.11 Å². The molecule has 0 aliphatic heterocycles. The fourth-order valence-corrected chi connectivity index (χ4v) is 3.27. The molecule has 0 spiro atoms. The summed E-state index contributed by atoms with van der Waals surface area (Å²) in [5, 5.41) is 15.1. The van der Waals surface area contributed by atoms with Crippen LogP contribution in [-0.2, 0) is 0 Å². The van der Waals surface area contributed by atoms with Crippen molar-refractivity contribution in [2.24, 2.45) is 0 Å². The van der Waals surface area contributed by atoms with Crippen LogP contribution in [0.5, 0.6) is 17.2 Å².